The molecule has 0 amide bonds. The van der Waals surface area contributed by atoms with Gasteiger partial charge in [0.25, 0.3) is 10.0 Å². The molecule has 0 radical (unpaired) electrons. The Labute approximate surface area is 104 Å². The summed E-state index contributed by atoms with van der Waals surface area (Å²) in [4.78, 5) is 0.341. The van der Waals surface area contributed by atoms with Crippen LogP contribution >= 0.6 is 0 Å². The Morgan fingerprint density at radius 2 is 1.47 bits per heavy atom. The molecule has 4 nitrogen and oxygen atoms in total. The van der Waals surface area contributed by atoms with Gasteiger partial charge in [-0.2, -0.15) is 0 Å². The molecule has 0 aliphatic carbocycles. The summed E-state index contributed by atoms with van der Waals surface area (Å²) in [6.45, 7) is 7.55. The summed E-state index contributed by atoms with van der Waals surface area (Å²) in [7, 11) is -3.42. The molecule has 0 aromatic heterocycles. The first kappa shape index (κ1) is 14.2. The first-order chi connectivity index (χ1) is 8.07. The first-order valence-electron chi connectivity index (χ1n) is 5.90. The van der Waals surface area contributed by atoms with Crippen LogP contribution < -0.4 is 0 Å². The fourth-order valence-corrected chi connectivity index (χ4v) is 3.39. The highest BCUT2D eigenvalue weighted by molar-refractivity contribution is 7.89. The maximum atomic E-state index is 12.4. The molecule has 0 spiro atoms. The van der Waals surface area contributed by atoms with Gasteiger partial charge < -0.3 is 0 Å². The van der Waals surface area contributed by atoms with Crippen LogP contribution in [0, 0.1) is 0 Å². The summed E-state index contributed by atoms with van der Waals surface area (Å²) in [6, 6.07) is 8.54. The number of hydrogen-bond donors (Lipinski definition) is 0. The van der Waals surface area contributed by atoms with Crippen LogP contribution in [-0.4, -0.2) is 37.5 Å². The maximum absolute atomic E-state index is 12.4. The molecule has 96 valence electrons. The molecule has 17 heavy (non-hydrogen) atoms. The third kappa shape index (κ3) is 3.06. The Balaban J connectivity index is 3.11. The monoisotopic (exact) mass is 256 g/mol. The predicted molar refractivity (Wildman–Crippen MR) is 68.9 cm³/mol. The second-order valence-corrected chi connectivity index (χ2v) is 5.44. The molecule has 0 heterocycles. The number of hydrazine groups is 1. The smallest absolute Gasteiger partial charge is 0.228 e. The molecule has 0 aliphatic rings. The van der Waals surface area contributed by atoms with Crippen LogP contribution in [0.25, 0.3) is 0 Å². The van der Waals surface area contributed by atoms with Crippen molar-refractivity contribution in [2.75, 3.05) is 19.6 Å². The minimum Gasteiger partial charge on any atom is -0.228 e. The molecule has 0 atom stereocenters. The maximum Gasteiger partial charge on any atom is 0.255 e. The minimum atomic E-state index is -3.42. The average Bonchev–Trinajstić information content (AvgIpc) is 2.36. The second kappa shape index (κ2) is 6.14. The van der Waals surface area contributed by atoms with Gasteiger partial charge >= 0.3 is 0 Å². The Hall–Kier alpha value is -0.910. The summed E-state index contributed by atoms with van der Waals surface area (Å²) in [5, 5.41) is 1.82. The van der Waals surface area contributed by atoms with E-state index in [2.05, 4.69) is 0 Å². The zero-order valence-corrected chi connectivity index (χ0v) is 11.4. The molecule has 0 saturated heterocycles. The molecule has 0 N–H and O–H groups in total. The lowest BCUT2D eigenvalue weighted by molar-refractivity contribution is 0.0771. The van der Waals surface area contributed by atoms with Crippen molar-refractivity contribution in [1.29, 1.82) is 0 Å². The van der Waals surface area contributed by atoms with Gasteiger partial charge in [-0.15, -0.1) is 4.41 Å². The minimum absolute atomic E-state index is 0.341. The van der Waals surface area contributed by atoms with Gasteiger partial charge in [0.05, 0.1) is 4.90 Å². The summed E-state index contributed by atoms with van der Waals surface area (Å²) >= 11 is 0. The van der Waals surface area contributed by atoms with Crippen molar-refractivity contribution in [2.24, 2.45) is 0 Å². The van der Waals surface area contributed by atoms with Crippen molar-refractivity contribution in [3.05, 3.63) is 30.3 Å². The van der Waals surface area contributed by atoms with E-state index in [0.29, 0.717) is 24.5 Å². The van der Waals surface area contributed by atoms with Gasteiger partial charge in [-0.25, -0.2) is 13.4 Å². The van der Waals surface area contributed by atoms with Crippen molar-refractivity contribution >= 4 is 10.0 Å². The van der Waals surface area contributed by atoms with Crippen LogP contribution in [0.1, 0.15) is 20.8 Å². The molecule has 0 unspecified atom stereocenters. The number of sulfonamides is 1. The number of rotatable bonds is 6. The molecule has 5 heteroatoms. The Kier molecular flexibility index (Phi) is 5.11. The lowest BCUT2D eigenvalue weighted by Crippen LogP contribution is -2.46. The molecule has 0 aliphatic heterocycles. The highest BCUT2D eigenvalue weighted by Crippen LogP contribution is 2.16. The van der Waals surface area contributed by atoms with Crippen LogP contribution in [0.15, 0.2) is 35.2 Å². The third-order valence-corrected chi connectivity index (χ3v) is 4.55. The Bertz CT molecular complexity index is 427. The van der Waals surface area contributed by atoms with Crippen molar-refractivity contribution in [1.82, 2.24) is 9.42 Å². The quantitative estimate of drug-likeness (QED) is 0.730. The lowest BCUT2D eigenvalue weighted by atomic mass is 10.4. The number of nitrogens with zero attached hydrogens (tertiary/aromatic N) is 2. The summed E-state index contributed by atoms with van der Waals surface area (Å²) < 4.78 is 26.2. The van der Waals surface area contributed by atoms with E-state index in [1.807, 2.05) is 31.8 Å². The largest absolute Gasteiger partial charge is 0.255 e. The van der Waals surface area contributed by atoms with E-state index in [9.17, 15) is 8.42 Å². The van der Waals surface area contributed by atoms with Gasteiger partial charge in [0.1, 0.15) is 0 Å². The van der Waals surface area contributed by atoms with Gasteiger partial charge in [-0.05, 0) is 19.1 Å². The molecule has 1 rings (SSSR count). The van der Waals surface area contributed by atoms with Crippen LogP contribution in [0.5, 0.6) is 0 Å². The summed E-state index contributed by atoms with van der Waals surface area (Å²) in [6.07, 6.45) is 0. The van der Waals surface area contributed by atoms with E-state index in [4.69, 9.17) is 0 Å². The van der Waals surface area contributed by atoms with Crippen LogP contribution in [0.3, 0.4) is 0 Å². The van der Waals surface area contributed by atoms with E-state index >= 15 is 0 Å². The Morgan fingerprint density at radius 1 is 0.941 bits per heavy atom. The zero-order chi connectivity index (χ0) is 12.9. The highest BCUT2D eigenvalue weighted by atomic mass is 32.2. The number of hydrogen-bond acceptors (Lipinski definition) is 3. The SMILES string of the molecule is CCN(CC)N(CC)S(=O)(=O)c1ccccc1. The van der Waals surface area contributed by atoms with Crippen molar-refractivity contribution in [2.45, 2.75) is 25.7 Å². The first-order valence-corrected chi connectivity index (χ1v) is 7.34. The van der Waals surface area contributed by atoms with Gasteiger partial charge in [-0.3, -0.25) is 0 Å². The van der Waals surface area contributed by atoms with Gasteiger partial charge in [-0.1, -0.05) is 32.0 Å². The molecule has 0 saturated carbocycles. The van der Waals surface area contributed by atoms with E-state index in [1.54, 1.807) is 24.3 Å². The third-order valence-electron chi connectivity index (χ3n) is 2.63. The lowest BCUT2D eigenvalue weighted by Gasteiger charge is -2.31. The van der Waals surface area contributed by atoms with E-state index < -0.39 is 10.0 Å². The molecular weight excluding hydrogens is 236 g/mol. The summed E-state index contributed by atoms with van der Waals surface area (Å²) in [5.41, 5.74) is 0. The van der Waals surface area contributed by atoms with Crippen LogP contribution in [0.4, 0.5) is 0 Å². The van der Waals surface area contributed by atoms with E-state index in [0.717, 1.165) is 0 Å². The molecule has 1 aromatic rings. The van der Waals surface area contributed by atoms with Crippen LogP contribution in [0.2, 0.25) is 0 Å². The van der Waals surface area contributed by atoms with Gasteiger partial charge in [0.2, 0.25) is 0 Å². The van der Waals surface area contributed by atoms with Gasteiger partial charge in [0.15, 0.2) is 0 Å². The molecule has 0 fully saturated rings. The second-order valence-electron chi connectivity index (χ2n) is 3.60. The van der Waals surface area contributed by atoms with E-state index in [-0.39, 0.29) is 0 Å². The van der Waals surface area contributed by atoms with Crippen molar-refractivity contribution in [3.63, 3.8) is 0 Å². The predicted octanol–water partition coefficient (Wildman–Crippen LogP) is 1.95. The van der Waals surface area contributed by atoms with E-state index in [1.165, 1.54) is 4.41 Å². The van der Waals surface area contributed by atoms with Crippen LogP contribution in [-0.2, 0) is 10.0 Å². The number of benzene rings is 1. The highest BCUT2D eigenvalue weighted by Gasteiger charge is 2.26. The fraction of sp³-hybridized carbons (Fsp3) is 0.500. The van der Waals surface area contributed by atoms with Crippen molar-refractivity contribution < 1.29 is 8.42 Å². The normalized spacial score (nSPS) is 12.3. The fourth-order valence-electron chi connectivity index (χ4n) is 1.78. The van der Waals surface area contributed by atoms with Gasteiger partial charge in [0, 0.05) is 19.6 Å². The topological polar surface area (TPSA) is 40.6 Å². The van der Waals surface area contributed by atoms with Crippen molar-refractivity contribution in [3.8, 4) is 0 Å². The Morgan fingerprint density at radius 3 is 1.88 bits per heavy atom. The average molecular weight is 256 g/mol. The standard InChI is InChI=1S/C12H20N2O2S/c1-4-13(5-2)14(6-3)17(15,16)12-10-8-7-9-11-12/h7-11H,4-6H2,1-3H3. The summed E-state index contributed by atoms with van der Waals surface area (Å²) in [5.74, 6) is 0. The molecular formula is C12H20N2O2S. The molecule has 0 bridgehead atoms. The zero-order valence-electron chi connectivity index (χ0n) is 10.6. The molecule has 1 aromatic carbocycles.